The number of carbonyl (C=O) groups is 1. The van der Waals surface area contributed by atoms with Crippen molar-refractivity contribution in [3.05, 3.63) is 77.5 Å². The molecule has 0 saturated heterocycles. The van der Waals surface area contributed by atoms with Gasteiger partial charge >= 0.3 is 0 Å². The number of hydrogen-bond acceptors (Lipinski definition) is 3. The average Bonchev–Trinajstić information content (AvgIpc) is 2.99. The number of benzene rings is 2. The molecule has 3 rings (SSSR count). The van der Waals surface area contributed by atoms with E-state index in [0.717, 1.165) is 22.0 Å². The number of nitrogens with one attached hydrogen (secondary N) is 1. The Labute approximate surface area is 183 Å². The number of fused-ring (bicyclic) bond motifs is 1. The summed E-state index contributed by atoms with van der Waals surface area (Å²) in [5, 5.41) is 9.20. The predicted octanol–water partition coefficient (Wildman–Crippen LogP) is 3.88. The lowest BCUT2D eigenvalue weighted by Crippen LogP contribution is -2.28. The molecule has 0 fully saturated rings. The Hall–Kier alpha value is -2.90. The van der Waals surface area contributed by atoms with Gasteiger partial charge in [0.1, 0.15) is 5.69 Å². The zero-order valence-corrected chi connectivity index (χ0v) is 19.0. The molecule has 0 atom stereocenters. The zero-order valence-electron chi connectivity index (χ0n) is 18.2. The van der Waals surface area contributed by atoms with E-state index in [2.05, 4.69) is 43.9 Å². The van der Waals surface area contributed by atoms with Crippen LogP contribution in [0.4, 0.5) is 0 Å². The van der Waals surface area contributed by atoms with E-state index in [4.69, 9.17) is 5.14 Å². The van der Waals surface area contributed by atoms with Crippen LogP contribution in [0.5, 0.6) is 0 Å². The van der Waals surface area contributed by atoms with Crippen molar-refractivity contribution in [2.75, 3.05) is 6.54 Å². The SMILES string of the molecule is C=CCn1c(C(=O)NCCc2ccc(S(N)(=O)=O)cc2)c(C)c2cc(C(C)C)ccc21. The number of aryl methyl sites for hydroxylation is 1. The summed E-state index contributed by atoms with van der Waals surface area (Å²) in [6, 6.07) is 12.7. The fraction of sp³-hybridized carbons (Fsp3) is 0.292. The fourth-order valence-electron chi connectivity index (χ4n) is 3.76. The average molecular weight is 440 g/mol. The molecule has 0 aliphatic rings. The molecule has 1 amide bonds. The second-order valence-corrected chi connectivity index (χ2v) is 9.56. The van der Waals surface area contributed by atoms with Gasteiger partial charge in [0.05, 0.1) is 4.90 Å². The van der Waals surface area contributed by atoms with E-state index < -0.39 is 10.0 Å². The van der Waals surface area contributed by atoms with Gasteiger partial charge in [-0.1, -0.05) is 38.1 Å². The molecular formula is C24H29N3O3S. The third-order valence-corrected chi connectivity index (χ3v) is 6.41. The van der Waals surface area contributed by atoms with Crippen molar-refractivity contribution in [2.24, 2.45) is 5.14 Å². The zero-order chi connectivity index (χ0) is 22.8. The number of primary sulfonamides is 1. The van der Waals surface area contributed by atoms with Gasteiger partial charge in [-0.3, -0.25) is 4.79 Å². The van der Waals surface area contributed by atoms with E-state index >= 15 is 0 Å². The quantitative estimate of drug-likeness (QED) is 0.522. The first-order chi connectivity index (χ1) is 14.6. The second kappa shape index (κ2) is 9.08. The van der Waals surface area contributed by atoms with E-state index in [1.165, 1.54) is 17.7 Å². The van der Waals surface area contributed by atoms with Crippen molar-refractivity contribution in [1.29, 1.82) is 0 Å². The third kappa shape index (κ3) is 4.89. The molecule has 164 valence electrons. The van der Waals surface area contributed by atoms with Crippen LogP contribution in [-0.4, -0.2) is 25.4 Å². The monoisotopic (exact) mass is 439 g/mol. The molecular weight excluding hydrogens is 410 g/mol. The molecule has 0 radical (unpaired) electrons. The molecule has 0 aliphatic carbocycles. The number of hydrogen-bond donors (Lipinski definition) is 2. The molecule has 31 heavy (non-hydrogen) atoms. The minimum absolute atomic E-state index is 0.0746. The Morgan fingerprint density at radius 1 is 1.19 bits per heavy atom. The van der Waals surface area contributed by atoms with Gasteiger partial charge in [-0.25, -0.2) is 13.6 Å². The van der Waals surface area contributed by atoms with Crippen LogP contribution in [0.25, 0.3) is 10.9 Å². The Balaban J connectivity index is 1.80. The number of allylic oxidation sites excluding steroid dienone is 1. The van der Waals surface area contributed by atoms with Gasteiger partial charge in [0.15, 0.2) is 0 Å². The highest BCUT2D eigenvalue weighted by molar-refractivity contribution is 7.89. The van der Waals surface area contributed by atoms with Crippen LogP contribution in [-0.2, 0) is 23.0 Å². The normalized spacial score (nSPS) is 11.8. The minimum atomic E-state index is -3.71. The Bertz CT molecular complexity index is 1220. The lowest BCUT2D eigenvalue weighted by atomic mass is 10.0. The smallest absolute Gasteiger partial charge is 0.268 e. The van der Waals surface area contributed by atoms with Crippen molar-refractivity contribution in [1.82, 2.24) is 9.88 Å². The van der Waals surface area contributed by atoms with Gasteiger partial charge in [0.2, 0.25) is 10.0 Å². The molecule has 0 bridgehead atoms. The van der Waals surface area contributed by atoms with Gasteiger partial charge in [-0.2, -0.15) is 0 Å². The highest BCUT2D eigenvalue weighted by atomic mass is 32.2. The second-order valence-electron chi connectivity index (χ2n) is 8.00. The van der Waals surface area contributed by atoms with Gasteiger partial charge in [-0.15, -0.1) is 6.58 Å². The molecule has 0 saturated carbocycles. The van der Waals surface area contributed by atoms with Crippen LogP contribution in [0.3, 0.4) is 0 Å². The van der Waals surface area contributed by atoms with Crippen molar-refractivity contribution in [3.8, 4) is 0 Å². The molecule has 2 aromatic carbocycles. The molecule has 1 heterocycles. The third-order valence-electron chi connectivity index (χ3n) is 5.49. The summed E-state index contributed by atoms with van der Waals surface area (Å²) in [5.74, 6) is 0.271. The lowest BCUT2D eigenvalue weighted by molar-refractivity contribution is 0.0945. The van der Waals surface area contributed by atoms with Crippen LogP contribution in [0.1, 0.15) is 46.9 Å². The van der Waals surface area contributed by atoms with E-state index in [9.17, 15) is 13.2 Å². The molecule has 0 spiro atoms. The molecule has 3 aromatic rings. The maximum Gasteiger partial charge on any atom is 0.268 e. The Morgan fingerprint density at radius 2 is 1.87 bits per heavy atom. The topological polar surface area (TPSA) is 94.2 Å². The number of rotatable bonds is 8. The van der Waals surface area contributed by atoms with Crippen LogP contribution < -0.4 is 10.5 Å². The summed E-state index contributed by atoms with van der Waals surface area (Å²) in [6.45, 7) is 11.1. The van der Waals surface area contributed by atoms with E-state index in [1.54, 1.807) is 18.2 Å². The van der Waals surface area contributed by atoms with Crippen molar-refractivity contribution < 1.29 is 13.2 Å². The first-order valence-corrected chi connectivity index (χ1v) is 11.8. The maximum absolute atomic E-state index is 13.1. The number of nitrogens with zero attached hydrogens (tertiary/aromatic N) is 1. The molecule has 7 heteroatoms. The summed E-state index contributed by atoms with van der Waals surface area (Å²) in [4.78, 5) is 13.1. The standard InChI is InChI=1S/C24H29N3O3S/c1-5-14-27-22-11-8-19(16(2)3)15-21(22)17(4)23(27)24(28)26-13-12-18-6-9-20(10-7-18)31(25,29)30/h5-11,15-16H,1,12-14H2,2-4H3,(H,26,28)(H2,25,29,30). The molecule has 1 aromatic heterocycles. The molecule has 0 aliphatic heterocycles. The first-order valence-electron chi connectivity index (χ1n) is 10.3. The molecule has 0 unspecified atom stereocenters. The first kappa shape index (κ1) is 22.8. The molecule has 6 nitrogen and oxygen atoms in total. The largest absolute Gasteiger partial charge is 0.350 e. The van der Waals surface area contributed by atoms with Crippen LogP contribution in [0, 0.1) is 6.92 Å². The maximum atomic E-state index is 13.1. The van der Waals surface area contributed by atoms with Gasteiger partial charge in [0.25, 0.3) is 5.91 Å². The highest BCUT2D eigenvalue weighted by Crippen LogP contribution is 2.29. The van der Waals surface area contributed by atoms with E-state index in [1.807, 2.05) is 11.5 Å². The number of sulfonamides is 1. The fourth-order valence-corrected chi connectivity index (χ4v) is 4.28. The highest BCUT2D eigenvalue weighted by Gasteiger charge is 2.20. The number of aromatic nitrogens is 1. The number of carbonyl (C=O) groups excluding carboxylic acids is 1. The number of amides is 1. The minimum Gasteiger partial charge on any atom is -0.350 e. The van der Waals surface area contributed by atoms with E-state index in [0.29, 0.717) is 31.1 Å². The summed E-state index contributed by atoms with van der Waals surface area (Å²) in [7, 11) is -3.71. The van der Waals surface area contributed by atoms with Crippen molar-refractivity contribution in [2.45, 2.75) is 44.6 Å². The van der Waals surface area contributed by atoms with Crippen LogP contribution >= 0.6 is 0 Å². The number of nitrogens with two attached hydrogens (primary N) is 1. The lowest BCUT2D eigenvalue weighted by Gasteiger charge is -2.11. The molecule has 3 N–H and O–H groups in total. The van der Waals surface area contributed by atoms with E-state index in [-0.39, 0.29) is 10.8 Å². The Kier molecular flexibility index (Phi) is 6.67. The van der Waals surface area contributed by atoms with Crippen molar-refractivity contribution in [3.63, 3.8) is 0 Å². The summed E-state index contributed by atoms with van der Waals surface area (Å²) < 4.78 is 24.7. The van der Waals surface area contributed by atoms with Gasteiger partial charge < -0.3 is 9.88 Å². The Morgan fingerprint density at radius 3 is 2.45 bits per heavy atom. The summed E-state index contributed by atoms with van der Waals surface area (Å²) in [6.07, 6.45) is 2.37. The van der Waals surface area contributed by atoms with Crippen LogP contribution in [0.2, 0.25) is 0 Å². The summed E-state index contributed by atoms with van der Waals surface area (Å²) in [5.41, 5.74) is 4.76. The van der Waals surface area contributed by atoms with Crippen LogP contribution in [0.15, 0.2) is 60.0 Å². The van der Waals surface area contributed by atoms with Gasteiger partial charge in [0, 0.05) is 24.0 Å². The van der Waals surface area contributed by atoms with Gasteiger partial charge in [-0.05, 0) is 60.2 Å². The van der Waals surface area contributed by atoms with Crippen molar-refractivity contribution >= 4 is 26.8 Å². The predicted molar refractivity (Wildman–Crippen MR) is 125 cm³/mol. The summed E-state index contributed by atoms with van der Waals surface area (Å²) >= 11 is 0.